The predicted molar refractivity (Wildman–Crippen MR) is 105 cm³/mol. The van der Waals surface area contributed by atoms with Gasteiger partial charge in [-0.15, -0.1) is 0 Å². The van der Waals surface area contributed by atoms with Crippen LogP contribution < -0.4 is 0 Å². The Morgan fingerprint density at radius 1 is 0.667 bits per heavy atom. The third-order valence-corrected chi connectivity index (χ3v) is 9.27. The first-order chi connectivity index (χ1) is 11.8. The van der Waals surface area contributed by atoms with Crippen molar-refractivity contribution in [2.24, 2.45) is 10.9 Å². The van der Waals surface area contributed by atoms with E-state index in [1.165, 1.54) is 96.3 Å². The standard InChI is InChI=1S/C20H34N3.Sn.3H/c1-4-10-17(11-5-1)20-21-16-22(18-12-6-2-7-13-18)23(20)19-14-8-3-9-15-19;;;;/h16-19H,1-15H2;;;;. The number of hydrogen-bond acceptors (Lipinski definition) is 3. The zero-order valence-corrected chi connectivity index (χ0v) is 21.5. The molecule has 0 radical (unpaired) electrons. The van der Waals surface area contributed by atoms with Crippen molar-refractivity contribution >= 4 is 28.4 Å². The van der Waals surface area contributed by atoms with Gasteiger partial charge >= 0.3 is 162 Å². The molecule has 0 aromatic rings. The van der Waals surface area contributed by atoms with E-state index >= 15 is 0 Å². The van der Waals surface area contributed by atoms with Crippen LogP contribution in [0.5, 0.6) is 0 Å². The molecule has 0 N–H and O–H groups in total. The first-order valence-electron chi connectivity index (χ1n) is 11.0. The van der Waals surface area contributed by atoms with Gasteiger partial charge < -0.3 is 0 Å². The van der Waals surface area contributed by atoms with Gasteiger partial charge in [0.2, 0.25) is 0 Å². The summed E-state index contributed by atoms with van der Waals surface area (Å²) < 4.78 is 0.591. The molecule has 1 unspecified atom stereocenters. The molecule has 3 nitrogen and oxygen atoms in total. The normalized spacial score (nSPS) is 32.4. The van der Waals surface area contributed by atoms with Gasteiger partial charge in [0.25, 0.3) is 0 Å². The maximum atomic E-state index is 5.39. The van der Waals surface area contributed by atoms with Crippen molar-refractivity contribution in [1.29, 1.82) is 0 Å². The number of nitrogens with zero attached hydrogens (tertiary/aromatic N) is 3. The molecule has 1 atom stereocenters. The molecule has 4 aliphatic rings. The van der Waals surface area contributed by atoms with Crippen LogP contribution in [0.25, 0.3) is 0 Å². The van der Waals surface area contributed by atoms with E-state index in [0.717, 1.165) is 18.0 Å². The van der Waals surface area contributed by atoms with Crippen LogP contribution in [0.1, 0.15) is 96.3 Å². The third kappa shape index (κ3) is 3.67. The van der Waals surface area contributed by atoms with Crippen molar-refractivity contribution in [2.45, 2.75) is 113 Å². The van der Waals surface area contributed by atoms with Crippen LogP contribution in [0, 0.1) is 5.92 Å². The van der Waals surface area contributed by atoms with Crippen LogP contribution in [0.2, 0.25) is 0 Å². The Morgan fingerprint density at radius 2 is 1.17 bits per heavy atom. The molecule has 3 aliphatic carbocycles. The van der Waals surface area contributed by atoms with Crippen molar-refractivity contribution in [1.82, 2.24) is 10.0 Å². The molecule has 4 rings (SSSR count). The molecule has 0 aromatic carbocycles. The average Bonchev–Trinajstić information content (AvgIpc) is 3.01. The summed E-state index contributed by atoms with van der Waals surface area (Å²) >= 11 is 0.581. The van der Waals surface area contributed by atoms with E-state index in [4.69, 9.17) is 4.99 Å². The van der Waals surface area contributed by atoms with Gasteiger partial charge in [-0.1, -0.05) is 0 Å². The maximum absolute atomic E-state index is 5.39. The van der Waals surface area contributed by atoms with Crippen LogP contribution >= 0.6 is 0 Å². The summed E-state index contributed by atoms with van der Waals surface area (Å²) in [6.45, 7) is 0. The Hall–Kier alpha value is 0.229. The summed E-state index contributed by atoms with van der Waals surface area (Å²) in [4.78, 5) is 5.39. The second kappa shape index (κ2) is 8.28. The van der Waals surface area contributed by atoms with E-state index in [1.54, 1.807) is 5.84 Å². The van der Waals surface area contributed by atoms with Crippen molar-refractivity contribution in [3.8, 4) is 0 Å². The monoisotopic (exact) mass is 439 g/mol. The van der Waals surface area contributed by atoms with Gasteiger partial charge in [0, 0.05) is 0 Å². The number of aliphatic imine (C=N–C) groups is 1. The fourth-order valence-electron chi connectivity index (χ4n) is 5.79. The van der Waals surface area contributed by atoms with E-state index in [-0.39, 0.29) is 0 Å². The minimum atomic E-state index is 0.581. The zero-order valence-electron chi connectivity index (χ0n) is 15.8. The Kier molecular flexibility index (Phi) is 6.08. The molecule has 0 spiro atoms. The van der Waals surface area contributed by atoms with Gasteiger partial charge in [0.15, 0.2) is 0 Å². The number of hydrazine groups is 1. The Balaban J connectivity index is 1.57. The van der Waals surface area contributed by atoms with Crippen LogP contribution in [-0.2, 0) is 0 Å². The number of amidine groups is 1. The Bertz CT molecular complexity index is 434. The molecule has 0 aromatic heterocycles. The predicted octanol–water partition coefficient (Wildman–Crippen LogP) is 3.81. The van der Waals surface area contributed by atoms with Crippen LogP contribution in [0.3, 0.4) is 0 Å². The van der Waals surface area contributed by atoms with E-state index < -0.39 is 0 Å². The fraction of sp³-hybridized carbons (Fsp3) is 0.950. The second-order valence-corrected chi connectivity index (χ2v) is 11.7. The summed E-state index contributed by atoms with van der Waals surface area (Å²) in [5, 5.41) is 5.70. The summed E-state index contributed by atoms with van der Waals surface area (Å²) in [5.74, 6) is 2.33. The summed E-state index contributed by atoms with van der Waals surface area (Å²) in [7, 11) is 0. The quantitative estimate of drug-likeness (QED) is 0.625. The third-order valence-electron chi connectivity index (χ3n) is 7.03. The minimum absolute atomic E-state index is 0.581. The topological polar surface area (TPSA) is 18.8 Å². The molecule has 24 heavy (non-hydrogen) atoms. The van der Waals surface area contributed by atoms with Gasteiger partial charge in [0.1, 0.15) is 0 Å². The molecule has 0 saturated heterocycles. The van der Waals surface area contributed by atoms with Gasteiger partial charge in [-0.05, 0) is 0 Å². The molecule has 0 bridgehead atoms. The second-order valence-electron chi connectivity index (χ2n) is 8.76. The molecular formula is C20H37N3Sn. The Morgan fingerprint density at radius 3 is 1.75 bits per heavy atom. The Labute approximate surface area is 161 Å². The van der Waals surface area contributed by atoms with Gasteiger partial charge in [-0.3, -0.25) is 0 Å². The van der Waals surface area contributed by atoms with Crippen LogP contribution in [0.15, 0.2) is 4.99 Å². The molecule has 3 saturated carbocycles. The summed E-state index contributed by atoms with van der Waals surface area (Å²) in [6.07, 6.45) is 21.5. The first-order valence-corrected chi connectivity index (χ1v) is 14.3. The fourth-order valence-corrected chi connectivity index (χ4v) is 8.46. The van der Waals surface area contributed by atoms with Gasteiger partial charge in [-0.25, -0.2) is 0 Å². The van der Waals surface area contributed by atoms with Crippen molar-refractivity contribution in [2.75, 3.05) is 0 Å². The van der Waals surface area contributed by atoms with Crippen LogP contribution in [-0.4, -0.2) is 54.6 Å². The van der Waals surface area contributed by atoms with Crippen molar-refractivity contribution in [3.63, 3.8) is 0 Å². The molecule has 1 heterocycles. The van der Waals surface area contributed by atoms with E-state index in [1.807, 2.05) is 0 Å². The molecule has 0 amide bonds. The average molecular weight is 438 g/mol. The molecule has 4 heteroatoms. The van der Waals surface area contributed by atoms with Gasteiger partial charge in [0.05, 0.1) is 0 Å². The molecular weight excluding hydrogens is 401 g/mol. The van der Waals surface area contributed by atoms with E-state index in [0.29, 0.717) is 26.7 Å². The number of hydrogen-bond donors (Lipinski definition) is 0. The van der Waals surface area contributed by atoms with Crippen LogP contribution in [0.4, 0.5) is 0 Å². The first kappa shape index (κ1) is 17.6. The van der Waals surface area contributed by atoms with E-state index in [9.17, 15) is 0 Å². The molecule has 136 valence electrons. The molecule has 1 aliphatic heterocycles. The number of rotatable bonds is 3. The van der Waals surface area contributed by atoms with Crippen molar-refractivity contribution < 1.29 is 0 Å². The van der Waals surface area contributed by atoms with Crippen molar-refractivity contribution in [3.05, 3.63) is 0 Å². The van der Waals surface area contributed by atoms with E-state index in [2.05, 4.69) is 10.0 Å². The molecule has 3 fully saturated rings. The SMILES string of the molecule is [SnH3][CH]1N=C(C2CCCCC2)N(C2CCCCC2)N1C1CCCCC1. The van der Waals surface area contributed by atoms with Gasteiger partial charge in [-0.2, -0.15) is 0 Å². The summed E-state index contributed by atoms with van der Waals surface area (Å²) in [6, 6.07) is 1.58. The zero-order chi connectivity index (χ0) is 16.4. The summed E-state index contributed by atoms with van der Waals surface area (Å²) in [5.41, 5.74) is 0.